The van der Waals surface area contributed by atoms with Crippen LogP contribution in [0.2, 0.25) is 5.02 Å². The second-order valence-electron chi connectivity index (χ2n) is 4.64. The number of carbonyl (C=O) groups excluding carboxylic acids is 1. The number of benzene rings is 2. The van der Waals surface area contributed by atoms with Gasteiger partial charge in [-0.1, -0.05) is 60.2 Å². The first-order chi connectivity index (χ1) is 10.0. The Morgan fingerprint density at radius 3 is 2.19 bits per heavy atom. The van der Waals surface area contributed by atoms with Crippen molar-refractivity contribution in [3.8, 4) is 0 Å². The molecule has 2 aromatic rings. The molecular formula is C16H15ClN2OS. The molecule has 0 spiro atoms. The number of thiocarbonyl (C=S) groups is 1. The van der Waals surface area contributed by atoms with Crippen LogP contribution in [0.25, 0.3) is 0 Å². The number of rotatable bonds is 5. The van der Waals surface area contributed by atoms with Crippen LogP contribution in [-0.4, -0.2) is 10.9 Å². The summed E-state index contributed by atoms with van der Waals surface area (Å²) in [6.07, 6.45) is 0.325. The van der Waals surface area contributed by atoms with Gasteiger partial charge in [-0.2, -0.15) is 0 Å². The summed E-state index contributed by atoms with van der Waals surface area (Å²) in [5, 5.41) is 3.56. The van der Waals surface area contributed by atoms with Crippen molar-refractivity contribution in [2.75, 3.05) is 0 Å². The molecule has 1 amide bonds. The minimum atomic E-state index is -0.0342. The van der Waals surface area contributed by atoms with Gasteiger partial charge in [-0.05, 0) is 23.3 Å². The maximum atomic E-state index is 11.9. The van der Waals surface area contributed by atoms with E-state index in [1.54, 1.807) is 12.1 Å². The highest BCUT2D eigenvalue weighted by Crippen LogP contribution is 2.09. The van der Waals surface area contributed by atoms with Gasteiger partial charge < -0.3 is 11.1 Å². The molecule has 108 valence electrons. The number of hydrogen-bond acceptors (Lipinski definition) is 2. The first-order valence-electron chi connectivity index (χ1n) is 6.44. The minimum absolute atomic E-state index is 0.0342. The van der Waals surface area contributed by atoms with Crippen molar-refractivity contribution in [1.29, 1.82) is 0 Å². The van der Waals surface area contributed by atoms with E-state index in [1.165, 1.54) is 0 Å². The summed E-state index contributed by atoms with van der Waals surface area (Å²) in [6.45, 7) is 0.487. The largest absolute Gasteiger partial charge is 0.389 e. The van der Waals surface area contributed by atoms with Gasteiger partial charge >= 0.3 is 0 Å². The molecule has 0 fully saturated rings. The van der Waals surface area contributed by atoms with Gasteiger partial charge in [-0.25, -0.2) is 0 Å². The third-order valence-corrected chi connectivity index (χ3v) is 3.49. The number of amides is 1. The van der Waals surface area contributed by atoms with E-state index >= 15 is 0 Å². The van der Waals surface area contributed by atoms with Crippen LogP contribution in [0, 0.1) is 0 Å². The summed E-state index contributed by atoms with van der Waals surface area (Å²) in [6, 6.07) is 14.7. The van der Waals surface area contributed by atoms with Crippen LogP contribution in [0.5, 0.6) is 0 Å². The van der Waals surface area contributed by atoms with E-state index in [0.717, 1.165) is 16.7 Å². The number of nitrogens with two attached hydrogens (primary N) is 1. The summed E-state index contributed by atoms with van der Waals surface area (Å²) in [4.78, 5) is 12.2. The Labute approximate surface area is 134 Å². The van der Waals surface area contributed by atoms with Crippen LogP contribution in [0.15, 0.2) is 48.5 Å². The second-order valence-corrected chi connectivity index (χ2v) is 5.52. The Hall–Kier alpha value is -1.91. The molecule has 0 aliphatic carbocycles. The average Bonchev–Trinajstić information content (AvgIpc) is 2.47. The average molecular weight is 319 g/mol. The van der Waals surface area contributed by atoms with Gasteiger partial charge in [0.1, 0.15) is 4.99 Å². The van der Waals surface area contributed by atoms with Gasteiger partial charge in [-0.3, -0.25) is 4.79 Å². The second kappa shape index (κ2) is 7.20. The summed E-state index contributed by atoms with van der Waals surface area (Å²) in [7, 11) is 0. The van der Waals surface area contributed by atoms with Gasteiger partial charge in [0, 0.05) is 17.1 Å². The Morgan fingerprint density at radius 1 is 1.05 bits per heavy atom. The first kappa shape index (κ1) is 15.5. The van der Waals surface area contributed by atoms with E-state index < -0.39 is 0 Å². The maximum absolute atomic E-state index is 11.9. The lowest BCUT2D eigenvalue weighted by Crippen LogP contribution is -2.24. The van der Waals surface area contributed by atoms with E-state index in [1.807, 2.05) is 36.4 Å². The molecule has 0 saturated heterocycles. The van der Waals surface area contributed by atoms with Crippen LogP contribution in [0.3, 0.4) is 0 Å². The molecule has 0 aromatic heterocycles. The van der Waals surface area contributed by atoms with Crippen LogP contribution in [0.1, 0.15) is 16.7 Å². The molecule has 0 atom stereocenters. The van der Waals surface area contributed by atoms with E-state index in [0.29, 0.717) is 23.0 Å². The lowest BCUT2D eigenvalue weighted by Gasteiger charge is -2.06. The lowest BCUT2D eigenvalue weighted by molar-refractivity contribution is -0.120. The van der Waals surface area contributed by atoms with Crippen LogP contribution in [-0.2, 0) is 17.8 Å². The lowest BCUT2D eigenvalue weighted by atomic mass is 10.1. The summed E-state index contributed by atoms with van der Waals surface area (Å²) < 4.78 is 0. The summed E-state index contributed by atoms with van der Waals surface area (Å²) in [5.74, 6) is -0.0342. The van der Waals surface area contributed by atoms with Gasteiger partial charge in [0.05, 0.1) is 6.42 Å². The van der Waals surface area contributed by atoms with E-state index in [-0.39, 0.29) is 5.91 Å². The fourth-order valence-corrected chi connectivity index (χ4v) is 2.10. The highest BCUT2D eigenvalue weighted by molar-refractivity contribution is 7.80. The molecule has 0 aliphatic rings. The molecule has 0 saturated carbocycles. The van der Waals surface area contributed by atoms with Gasteiger partial charge in [-0.15, -0.1) is 0 Å². The highest BCUT2D eigenvalue weighted by atomic mass is 35.5. The first-order valence-corrected chi connectivity index (χ1v) is 7.23. The number of nitrogens with one attached hydrogen (secondary N) is 1. The van der Waals surface area contributed by atoms with Gasteiger partial charge in [0.15, 0.2) is 0 Å². The fraction of sp³-hybridized carbons (Fsp3) is 0.125. The van der Waals surface area contributed by atoms with Gasteiger partial charge in [0.2, 0.25) is 5.91 Å². The van der Waals surface area contributed by atoms with Crippen LogP contribution < -0.4 is 11.1 Å². The third kappa shape index (κ3) is 4.85. The van der Waals surface area contributed by atoms with Crippen molar-refractivity contribution in [3.63, 3.8) is 0 Å². The van der Waals surface area contributed by atoms with Crippen molar-refractivity contribution >= 4 is 34.7 Å². The van der Waals surface area contributed by atoms with E-state index in [4.69, 9.17) is 29.6 Å². The Bertz CT molecular complexity index is 638. The molecule has 0 heterocycles. The zero-order chi connectivity index (χ0) is 15.2. The van der Waals surface area contributed by atoms with Crippen molar-refractivity contribution in [2.24, 2.45) is 5.73 Å². The fourth-order valence-electron chi connectivity index (χ4n) is 1.84. The summed E-state index contributed by atoms with van der Waals surface area (Å²) in [5.41, 5.74) is 8.26. The molecule has 0 unspecified atom stereocenters. The highest BCUT2D eigenvalue weighted by Gasteiger charge is 2.04. The summed E-state index contributed by atoms with van der Waals surface area (Å²) >= 11 is 10.7. The predicted molar refractivity (Wildman–Crippen MR) is 89.3 cm³/mol. The molecule has 2 rings (SSSR count). The molecule has 2 aromatic carbocycles. The Balaban J connectivity index is 1.86. The standard InChI is InChI=1S/C16H15ClN2OS/c17-14-7-3-12(4-8-14)10-19-15(20)9-11-1-5-13(6-2-11)16(18)21/h1-8H,9-10H2,(H2,18,21)(H,19,20). The molecule has 0 aliphatic heterocycles. The molecule has 0 radical (unpaired) electrons. The Morgan fingerprint density at radius 2 is 1.62 bits per heavy atom. The normalized spacial score (nSPS) is 10.1. The van der Waals surface area contributed by atoms with E-state index in [2.05, 4.69) is 5.32 Å². The monoisotopic (exact) mass is 318 g/mol. The van der Waals surface area contributed by atoms with Crippen molar-refractivity contribution < 1.29 is 4.79 Å². The topological polar surface area (TPSA) is 55.1 Å². The zero-order valence-corrected chi connectivity index (χ0v) is 12.9. The zero-order valence-electron chi connectivity index (χ0n) is 11.3. The van der Waals surface area contributed by atoms with E-state index in [9.17, 15) is 4.79 Å². The number of hydrogen-bond donors (Lipinski definition) is 2. The molecule has 3 nitrogen and oxygen atoms in total. The molecule has 3 N–H and O–H groups in total. The Kier molecular flexibility index (Phi) is 5.31. The quantitative estimate of drug-likeness (QED) is 0.834. The molecule has 5 heteroatoms. The molecular weight excluding hydrogens is 304 g/mol. The SMILES string of the molecule is NC(=S)c1ccc(CC(=O)NCc2ccc(Cl)cc2)cc1. The van der Waals surface area contributed by atoms with Crippen molar-refractivity contribution in [3.05, 3.63) is 70.2 Å². The maximum Gasteiger partial charge on any atom is 0.224 e. The van der Waals surface area contributed by atoms with Crippen molar-refractivity contribution in [1.82, 2.24) is 5.32 Å². The predicted octanol–water partition coefficient (Wildman–Crippen LogP) is 2.83. The van der Waals surface area contributed by atoms with Gasteiger partial charge in [0.25, 0.3) is 0 Å². The van der Waals surface area contributed by atoms with Crippen LogP contribution >= 0.6 is 23.8 Å². The minimum Gasteiger partial charge on any atom is -0.389 e. The number of halogens is 1. The number of carbonyl (C=O) groups is 1. The van der Waals surface area contributed by atoms with Crippen molar-refractivity contribution in [2.45, 2.75) is 13.0 Å². The molecule has 21 heavy (non-hydrogen) atoms. The smallest absolute Gasteiger partial charge is 0.224 e. The molecule has 0 bridgehead atoms. The van der Waals surface area contributed by atoms with Crippen LogP contribution in [0.4, 0.5) is 0 Å². The third-order valence-electron chi connectivity index (χ3n) is 3.01.